The Hall–Kier alpha value is -5.99. The Morgan fingerprint density at radius 1 is 0.878 bits per heavy atom. The van der Waals surface area contributed by atoms with Crippen molar-refractivity contribution in [2.45, 2.75) is 19.5 Å². The van der Waals surface area contributed by atoms with E-state index in [0.29, 0.717) is 38.6 Å². The number of hydrogen-bond donors (Lipinski definition) is 1. The highest BCUT2D eigenvalue weighted by molar-refractivity contribution is 7.07. The summed E-state index contributed by atoms with van der Waals surface area (Å²) in [5.74, 6) is 0.381. The third-order valence-electron chi connectivity index (χ3n) is 9.06. The Morgan fingerprint density at radius 3 is 2.39 bits per heavy atom. The van der Waals surface area contributed by atoms with Gasteiger partial charge in [0.25, 0.3) is 11.5 Å². The van der Waals surface area contributed by atoms with Gasteiger partial charge in [0.05, 0.1) is 29.0 Å². The van der Waals surface area contributed by atoms with E-state index in [1.165, 1.54) is 27.7 Å². The number of rotatable bonds is 7. The molecule has 7 nitrogen and oxygen atoms in total. The van der Waals surface area contributed by atoms with Gasteiger partial charge in [0.1, 0.15) is 5.75 Å². The van der Waals surface area contributed by atoms with E-state index in [1.54, 1.807) is 11.7 Å². The van der Waals surface area contributed by atoms with Gasteiger partial charge in [-0.3, -0.25) is 14.2 Å². The maximum Gasteiger partial charge on any atom is 0.271 e. The Kier molecular flexibility index (Phi) is 7.78. The highest BCUT2D eigenvalue weighted by Gasteiger charge is 2.32. The quantitative estimate of drug-likeness (QED) is 0.199. The number of carbonyl (C=O) groups excluding carboxylic acids is 1. The predicted octanol–water partition coefficient (Wildman–Crippen LogP) is 7.04. The zero-order valence-electron chi connectivity index (χ0n) is 27.0. The lowest BCUT2D eigenvalue weighted by atomic mass is 9.95. The number of hydrogen-bond acceptors (Lipinski definition) is 5. The minimum atomic E-state index is -0.680. The van der Waals surface area contributed by atoms with Crippen molar-refractivity contribution in [2.24, 2.45) is 4.99 Å². The summed E-state index contributed by atoms with van der Waals surface area (Å²) in [4.78, 5) is 33.7. The average molecular weight is 661 g/mol. The van der Waals surface area contributed by atoms with Crippen LogP contribution in [0, 0.1) is 0 Å². The number of methoxy groups -OCH3 is 1. The maximum atomic E-state index is 14.4. The zero-order chi connectivity index (χ0) is 33.5. The van der Waals surface area contributed by atoms with E-state index in [1.807, 2.05) is 79.7 Å². The first kappa shape index (κ1) is 30.4. The molecule has 0 fully saturated rings. The van der Waals surface area contributed by atoms with E-state index in [2.05, 4.69) is 70.7 Å². The van der Waals surface area contributed by atoms with Crippen molar-refractivity contribution >= 4 is 50.7 Å². The summed E-state index contributed by atoms with van der Waals surface area (Å²) in [5, 5.41) is 6.49. The molecular weight excluding hydrogens is 629 g/mol. The fourth-order valence-electron chi connectivity index (χ4n) is 6.71. The van der Waals surface area contributed by atoms with Crippen LogP contribution in [0.2, 0.25) is 0 Å². The number of nitrogens with one attached hydrogen (secondary N) is 1. The van der Waals surface area contributed by atoms with Gasteiger partial charge >= 0.3 is 0 Å². The molecule has 1 N–H and O–H groups in total. The number of benzene rings is 5. The van der Waals surface area contributed by atoms with Gasteiger partial charge in [-0.05, 0) is 65.2 Å². The van der Waals surface area contributed by atoms with Crippen LogP contribution in [-0.4, -0.2) is 22.2 Å². The van der Waals surface area contributed by atoms with Crippen LogP contribution in [0.4, 0.5) is 5.69 Å². The maximum absolute atomic E-state index is 14.4. The summed E-state index contributed by atoms with van der Waals surface area (Å²) in [6.07, 6.45) is 4.08. The first-order chi connectivity index (χ1) is 24.0. The molecule has 3 heterocycles. The molecule has 1 aliphatic heterocycles. The zero-order valence-corrected chi connectivity index (χ0v) is 27.8. The smallest absolute Gasteiger partial charge is 0.271 e. The van der Waals surface area contributed by atoms with Gasteiger partial charge in [-0.25, -0.2) is 4.99 Å². The van der Waals surface area contributed by atoms with Gasteiger partial charge < -0.3 is 14.6 Å². The second kappa shape index (κ2) is 12.6. The second-order valence-corrected chi connectivity index (χ2v) is 13.1. The monoisotopic (exact) mass is 660 g/mol. The topological polar surface area (TPSA) is 77.6 Å². The third-order valence-corrected chi connectivity index (χ3v) is 10.0. The fourth-order valence-corrected chi connectivity index (χ4v) is 7.75. The summed E-state index contributed by atoms with van der Waals surface area (Å²) < 4.78 is 9.85. The number of fused-ring (bicyclic) bond motifs is 3. The van der Waals surface area contributed by atoms with Crippen molar-refractivity contribution in [3.05, 3.63) is 175 Å². The van der Waals surface area contributed by atoms with Gasteiger partial charge in [0.2, 0.25) is 0 Å². The number of allylic oxidation sites excluding steroid dienone is 1. The van der Waals surface area contributed by atoms with Gasteiger partial charge in [-0.2, -0.15) is 0 Å². The van der Waals surface area contributed by atoms with Crippen molar-refractivity contribution in [3.8, 4) is 5.75 Å². The van der Waals surface area contributed by atoms with Gasteiger partial charge in [-0.1, -0.05) is 102 Å². The molecule has 1 atom stereocenters. The van der Waals surface area contributed by atoms with Crippen molar-refractivity contribution in [2.75, 3.05) is 12.4 Å². The van der Waals surface area contributed by atoms with Crippen molar-refractivity contribution in [1.82, 2.24) is 9.13 Å². The molecule has 7 aromatic rings. The van der Waals surface area contributed by atoms with Crippen molar-refractivity contribution < 1.29 is 9.53 Å². The molecule has 0 aliphatic carbocycles. The number of para-hydroxylation sites is 2. The van der Waals surface area contributed by atoms with Crippen LogP contribution in [0.5, 0.6) is 5.75 Å². The number of ether oxygens (including phenoxy) is 1. The van der Waals surface area contributed by atoms with Gasteiger partial charge in [0.15, 0.2) is 4.80 Å². The predicted molar refractivity (Wildman–Crippen MR) is 197 cm³/mol. The van der Waals surface area contributed by atoms with E-state index in [0.717, 1.165) is 22.0 Å². The largest absolute Gasteiger partial charge is 0.497 e. The summed E-state index contributed by atoms with van der Waals surface area (Å²) in [6.45, 7) is 2.52. The van der Waals surface area contributed by atoms with E-state index in [-0.39, 0.29) is 11.5 Å². The lowest BCUT2D eigenvalue weighted by Gasteiger charge is -2.25. The Labute approximate surface area is 286 Å². The Bertz CT molecular complexity index is 2590. The van der Waals surface area contributed by atoms with E-state index in [4.69, 9.17) is 9.73 Å². The minimum absolute atomic E-state index is 0.201. The molecule has 0 bridgehead atoms. The second-order valence-electron chi connectivity index (χ2n) is 12.0. The average Bonchev–Trinajstić information content (AvgIpc) is 3.63. The molecule has 0 saturated heterocycles. The number of anilines is 1. The highest BCUT2D eigenvalue weighted by atomic mass is 32.1. The van der Waals surface area contributed by atoms with E-state index < -0.39 is 6.04 Å². The third kappa shape index (κ3) is 5.56. The molecule has 0 spiro atoms. The number of carbonyl (C=O) groups is 1. The van der Waals surface area contributed by atoms with Gasteiger partial charge in [-0.15, -0.1) is 0 Å². The van der Waals surface area contributed by atoms with Gasteiger partial charge in [0, 0.05) is 34.9 Å². The van der Waals surface area contributed by atoms with Crippen LogP contribution >= 0.6 is 11.3 Å². The highest BCUT2D eigenvalue weighted by Crippen LogP contribution is 2.32. The molecule has 2 aromatic heterocycles. The number of amides is 1. The van der Waals surface area contributed by atoms with Crippen LogP contribution in [0.1, 0.15) is 29.7 Å². The molecule has 0 radical (unpaired) electrons. The van der Waals surface area contributed by atoms with Crippen molar-refractivity contribution in [1.29, 1.82) is 0 Å². The normalized spacial score (nSPS) is 14.6. The summed E-state index contributed by atoms with van der Waals surface area (Å²) >= 11 is 1.34. The Balaban J connectivity index is 1.25. The molecule has 8 rings (SSSR count). The summed E-state index contributed by atoms with van der Waals surface area (Å²) in [5.41, 5.74) is 5.48. The molecule has 5 aromatic carbocycles. The SMILES string of the molecule is COc1ccc(C2C(C(=O)Nc3ccccc3)=C(C)N=c3s/c(=C\c4cn(Cc5cccc6ccccc56)c5ccccc45)c(=O)n32)cc1. The summed E-state index contributed by atoms with van der Waals surface area (Å²) in [6, 6.07) is 39.2. The molecular formula is C41H32N4O3S. The molecule has 0 saturated carbocycles. The van der Waals surface area contributed by atoms with E-state index >= 15 is 0 Å². The van der Waals surface area contributed by atoms with Crippen LogP contribution < -0.4 is 24.9 Å². The first-order valence-electron chi connectivity index (χ1n) is 16.1. The molecule has 240 valence electrons. The van der Waals surface area contributed by atoms with Crippen LogP contribution in [0.25, 0.3) is 27.8 Å². The molecule has 1 amide bonds. The fraction of sp³-hybridized carbons (Fsp3) is 0.0976. The standard InChI is InChI=1S/C41H32N4O3S/c1-26-37(39(46)43-31-14-4-3-5-15-31)38(28-19-21-32(48-2)22-20-28)45-40(47)36(49-41(45)42-26)23-30-25-44(35-18-9-8-17-34(30)35)24-29-13-10-12-27-11-6-7-16-33(27)29/h3-23,25,38H,24H2,1-2H3,(H,43,46)/b36-23-. The number of aromatic nitrogens is 2. The van der Waals surface area contributed by atoms with Crippen LogP contribution in [-0.2, 0) is 11.3 Å². The molecule has 8 heteroatoms. The molecule has 1 aliphatic rings. The summed E-state index contributed by atoms with van der Waals surface area (Å²) in [7, 11) is 1.61. The van der Waals surface area contributed by atoms with Crippen LogP contribution in [0.3, 0.4) is 0 Å². The number of thiazole rings is 1. The van der Waals surface area contributed by atoms with Crippen molar-refractivity contribution in [3.63, 3.8) is 0 Å². The minimum Gasteiger partial charge on any atom is -0.497 e. The molecule has 1 unspecified atom stereocenters. The Morgan fingerprint density at radius 2 is 1.59 bits per heavy atom. The van der Waals surface area contributed by atoms with Crippen LogP contribution in [0.15, 0.2) is 149 Å². The number of nitrogens with zero attached hydrogens (tertiary/aromatic N) is 3. The van der Waals surface area contributed by atoms with E-state index in [9.17, 15) is 9.59 Å². The molecule has 49 heavy (non-hydrogen) atoms. The lowest BCUT2D eigenvalue weighted by Crippen LogP contribution is -2.40. The first-order valence-corrected chi connectivity index (χ1v) is 16.9. The lowest BCUT2D eigenvalue weighted by molar-refractivity contribution is -0.113.